The quantitative estimate of drug-likeness (QED) is 0.242. The Morgan fingerprint density at radius 1 is 1.09 bits per heavy atom. The lowest BCUT2D eigenvalue weighted by atomic mass is 9.82. The monoisotopic (exact) mass is 560 g/mol. The first-order valence-electron chi connectivity index (χ1n) is 11.3. The summed E-state index contributed by atoms with van der Waals surface area (Å²) in [6.45, 7) is 0. The van der Waals surface area contributed by atoms with E-state index in [1.807, 2.05) is 29.6 Å². The summed E-state index contributed by atoms with van der Waals surface area (Å²) in [5, 5.41) is 6.27. The molecule has 174 valence electrons. The van der Waals surface area contributed by atoms with Crippen LogP contribution < -0.4 is 11.1 Å². The van der Waals surface area contributed by atoms with Gasteiger partial charge in [-0.05, 0) is 54.5 Å². The highest BCUT2D eigenvalue weighted by Crippen LogP contribution is 2.39. The van der Waals surface area contributed by atoms with E-state index in [0.717, 1.165) is 50.9 Å². The van der Waals surface area contributed by atoms with Crippen LogP contribution >= 0.6 is 38.6 Å². The highest BCUT2D eigenvalue weighted by atomic mass is 79.9. The smallest absolute Gasteiger partial charge is 0.269 e. The summed E-state index contributed by atoms with van der Waals surface area (Å²) in [6, 6.07) is 20.7. The van der Waals surface area contributed by atoms with Crippen molar-refractivity contribution in [1.29, 1.82) is 0 Å². The number of anilines is 2. The van der Waals surface area contributed by atoms with Crippen molar-refractivity contribution in [3.63, 3.8) is 0 Å². The third-order valence-electron chi connectivity index (χ3n) is 6.43. The van der Waals surface area contributed by atoms with Crippen LogP contribution in [0.15, 0.2) is 70.5 Å². The molecule has 0 saturated carbocycles. The number of fused-ring (bicyclic) bond motifs is 2. The number of nitrogen functional groups attached to an aromatic ring is 1. The molecule has 1 amide bonds. The molecule has 35 heavy (non-hydrogen) atoms. The second kappa shape index (κ2) is 9.18. The van der Waals surface area contributed by atoms with Gasteiger partial charge in [-0.15, -0.1) is 22.7 Å². The van der Waals surface area contributed by atoms with Crippen molar-refractivity contribution in [3.8, 4) is 11.3 Å². The molecule has 0 spiro atoms. The number of rotatable bonds is 4. The second-order valence-corrected chi connectivity index (χ2v) is 11.4. The van der Waals surface area contributed by atoms with Gasteiger partial charge >= 0.3 is 0 Å². The Morgan fingerprint density at radius 2 is 1.89 bits per heavy atom. The van der Waals surface area contributed by atoms with Gasteiger partial charge < -0.3 is 5.73 Å². The number of carbonyl (C=O) groups is 1. The molecule has 0 saturated heterocycles. The number of thiazole rings is 1. The molecule has 1 aliphatic carbocycles. The summed E-state index contributed by atoms with van der Waals surface area (Å²) >= 11 is 6.19. The maximum absolute atomic E-state index is 13.1. The lowest BCUT2D eigenvalue weighted by Gasteiger charge is -2.24. The zero-order valence-corrected chi connectivity index (χ0v) is 21.8. The van der Waals surface area contributed by atoms with E-state index >= 15 is 0 Å². The lowest BCUT2D eigenvalue weighted by Crippen LogP contribution is -2.14. The normalized spacial score (nSPS) is 15.2. The number of hydrogen-bond donors (Lipinski definition) is 2. The molecule has 8 heteroatoms. The molecule has 5 aromatic rings. The highest BCUT2D eigenvalue weighted by Gasteiger charge is 2.25. The van der Waals surface area contributed by atoms with Crippen LogP contribution in [0.1, 0.15) is 38.8 Å². The summed E-state index contributed by atoms with van der Waals surface area (Å²) in [5.41, 5.74) is 12.5. The standard InChI is InChI=1S/C27H21BrN4OS2/c28-19-9-6-16(7-10-19)22-14-34-27(31-22)32-25(33)24-23(29)20-13-18-12-17(15-4-2-1-3-5-15)8-11-21(18)30-26(20)35-24/h1-7,9-10,13-14,17H,8,11-12,29H2,(H,31,32,33). The number of aryl methyl sites for hydroxylation is 1. The molecule has 3 N–H and O–H groups in total. The molecule has 0 aliphatic heterocycles. The van der Waals surface area contributed by atoms with Gasteiger partial charge in [-0.1, -0.05) is 58.4 Å². The molecule has 3 aromatic heterocycles. The SMILES string of the molecule is Nc1c(C(=O)Nc2nc(-c3ccc(Br)cc3)cs2)sc2nc3c(cc12)CC(c1ccccc1)CC3. The number of pyridine rings is 1. The number of hydrogen-bond acceptors (Lipinski definition) is 6. The molecule has 3 heterocycles. The lowest BCUT2D eigenvalue weighted by molar-refractivity contribution is 0.103. The fraction of sp³-hybridized carbons (Fsp3) is 0.148. The van der Waals surface area contributed by atoms with Crippen LogP contribution in [-0.4, -0.2) is 15.9 Å². The van der Waals surface area contributed by atoms with Crippen molar-refractivity contribution in [1.82, 2.24) is 9.97 Å². The maximum Gasteiger partial charge on any atom is 0.269 e. The van der Waals surface area contributed by atoms with Gasteiger partial charge in [0.2, 0.25) is 0 Å². The van der Waals surface area contributed by atoms with E-state index in [9.17, 15) is 4.79 Å². The second-order valence-electron chi connectivity index (χ2n) is 8.64. The average molecular weight is 562 g/mol. The van der Waals surface area contributed by atoms with Crippen LogP contribution in [0, 0.1) is 0 Å². The van der Waals surface area contributed by atoms with Crippen molar-refractivity contribution in [3.05, 3.63) is 92.2 Å². The van der Waals surface area contributed by atoms with E-state index in [0.29, 0.717) is 21.6 Å². The van der Waals surface area contributed by atoms with Gasteiger partial charge in [0.05, 0.1) is 11.4 Å². The molecule has 2 aromatic carbocycles. The summed E-state index contributed by atoms with van der Waals surface area (Å²) in [4.78, 5) is 23.9. The van der Waals surface area contributed by atoms with Gasteiger partial charge in [0.25, 0.3) is 5.91 Å². The number of aromatic nitrogens is 2. The first kappa shape index (κ1) is 22.4. The summed E-state index contributed by atoms with van der Waals surface area (Å²) in [7, 11) is 0. The topological polar surface area (TPSA) is 80.9 Å². The molecule has 5 nitrogen and oxygen atoms in total. The van der Waals surface area contributed by atoms with Gasteiger partial charge in [0.15, 0.2) is 5.13 Å². The fourth-order valence-electron chi connectivity index (χ4n) is 4.61. The van der Waals surface area contributed by atoms with E-state index in [2.05, 4.69) is 62.6 Å². The van der Waals surface area contributed by atoms with Crippen molar-refractivity contribution >= 4 is 65.5 Å². The molecule has 0 bridgehead atoms. The van der Waals surface area contributed by atoms with Gasteiger partial charge in [-0.2, -0.15) is 0 Å². The molecule has 6 rings (SSSR count). The largest absolute Gasteiger partial charge is 0.397 e. The van der Waals surface area contributed by atoms with Crippen molar-refractivity contribution in [2.24, 2.45) is 0 Å². The van der Waals surface area contributed by atoms with E-state index < -0.39 is 0 Å². The number of nitrogens with one attached hydrogen (secondary N) is 1. The Morgan fingerprint density at radius 3 is 2.69 bits per heavy atom. The Balaban J connectivity index is 1.25. The molecular formula is C27H21BrN4OS2. The number of carbonyl (C=O) groups excluding carboxylic acids is 1. The van der Waals surface area contributed by atoms with Gasteiger partial charge in [-0.3, -0.25) is 10.1 Å². The van der Waals surface area contributed by atoms with E-state index in [4.69, 9.17) is 10.7 Å². The first-order chi connectivity index (χ1) is 17.0. The van der Waals surface area contributed by atoms with Crippen LogP contribution in [0.25, 0.3) is 21.5 Å². The average Bonchev–Trinajstić information content (AvgIpc) is 3.47. The van der Waals surface area contributed by atoms with Gasteiger partial charge in [-0.25, -0.2) is 9.97 Å². The number of nitrogens with zero attached hydrogens (tertiary/aromatic N) is 2. The summed E-state index contributed by atoms with van der Waals surface area (Å²) in [6.07, 6.45) is 2.95. The first-order valence-corrected chi connectivity index (χ1v) is 13.8. The minimum absolute atomic E-state index is 0.248. The Kier molecular flexibility index (Phi) is 5.88. The number of thiophene rings is 1. The van der Waals surface area contributed by atoms with Crippen LogP contribution in [0.2, 0.25) is 0 Å². The third kappa shape index (κ3) is 4.37. The van der Waals surface area contributed by atoms with Crippen molar-refractivity contribution in [2.45, 2.75) is 25.2 Å². The molecule has 1 unspecified atom stereocenters. The van der Waals surface area contributed by atoms with Gasteiger partial charge in [0.1, 0.15) is 9.71 Å². The molecule has 1 atom stereocenters. The molecule has 0 fully saturated rings. The fourth-order valence-corrected chi connectivity index (χ4v) is 6.58. The third-order valence-corrected chi connectivity index (χ3v) is 8.83. The van der Waals surface area contributed by atoms with Crippen LogP contribution in [0.3, 0.4) is 0 Å². The Hall–Kier alpha value is -3.07. The molecular weight excluding hydrogens is 540 g/mol. The highest BCUT2D eigenvalue weighted by molar-refractivity contribution is 9.10. The van der Waals surface area contributed by atoms with Crippen molar-refractivity contribution < 1.29 is 4.79 Å². The van der Waals surface area contributed by atoms with Crippen LogP contribution in [0.5, 0.6) is 0 Å². The Labute approximate surface area is 219 Å². The number of amides is 1. The maximum atomic E-state index is 13.1. The Bertz CT molecular complexity index is 1540. The zero-order chi connectivity index (χ0) is 23.9. The number of benzene rings is 2. The van der Waals surface area contributed by atoms with Crippen LogP contribution in [0.4, 0.5) is 10.8 Å². The minimum Gasteiger partial charge on any atom is -0.397 e. The minimum atomic E-state index is -0.248. The number of halogens is 1. The summed E-state index contributed by atoms with van der Waals surface area (Å²) < 4.78 is 1.01. The predicted molar refractivity (Wildman–Crippen MR) is 148 cm³/mol. The van der Waals surface area contributed by atoms with E-state index in [-0.39, 0.29) is 5.91 Å². The molecule has 0 radical (unpaired) electrons. The predicted octanol–water partition coefficient (Wildman–Crippen LogP) is 7.29. The van der Waals surface area contributed by atoms with E-state index in [1.54, 1.807) is 0 Å². The number of nitrogens with two attached hydrogens (primary N) is 1. The van der Waals surface area contributed by atoms with Crippen molar-refractivity contribution in [2.75, 3.05) is 11.1 Å². The van der Waals surface area contributed by atoms with E-state index in [1.165, 1.54) is 33.8 Å². The van der Waals surface area contributed by atoms with Crippen LogP contribution in [-0.2, 0) is 12.8 Å². The summed E-state index contributed by atoms with van der Waals surface area (Å²) in [5.74, 6) is 0.234. The molecule has 1 aliphatic rings. The van der Waals surface area contributed by atoms with Gasteiger partial charge in [0, 0.05) is 26.5 Å². The zero-order valence-electron chi connectivity index (χ0n) is 18.6.